The number of Topliss-reactive ketones (excluding diaryl/α,β-unsaturated/α-hetero) is 2. The molecule has 0 spiro atoms. The van der Waals surface area contributed by atoms with Crippen molar-refractivity contribution in [3.63, 3.8) is 0 Å². The summed E-state index contributed by atoms with van der Waals surface area (Å²) in [6.07, 6.45) is 4.99. The van der Waals surface area contributed by atoms with Crippen molar-refractivity contribution in [3.8, 4) is 11.1 Å². The summed E-state index contributed by atoms with van der Waals surface area (Å²) in [4.78, 5) is 77.0. The Kier molecular flexibility index (Phi) is 23.0. The zero-order valence-corrected chi connectivity index (χ0v) is 39.4. The number of benzene rings is 2. The van der Waals surface area contributed by atoms with Gasteiger partial charge in [0, 0.05) is 79.9 Å². The van der Waals surface area contributed by atoms with Crippen LogP contribution in [0.3, 0.4) is 0 Å². The van der Waals surface area contributed by atoms with Gasteiger partial charge in [-0.15, -0.1) is 0 Å². The van der Waals surface area contributed by atoms with Crippen molar-refractivity contribution in [1.29, 1.82) is 0 Å². The Labute approximate surface area is 395 Å². The van der Waals surface area contributed by atoms with Crippen LogP contribution in [-0.4, -0.2) is 139 Å². The Morgan fingerprint density at radius 2 is 1.43 bits per heavy atom. The van der Waals surface area contributed by atoms with Crippen molar-refractivity contribution < 1.29 is 61.6 Å². The Morgan fingerprint density at radius 1 is 0.806 bits per heavy atom. The fourth-order valence-corrected chi connectivity index (χ4v) is 8.40. The van der Waals surface area contributed by atoms with Crippen LogP contribution in [0.2, 0.25) is 0 Å². The number of imide groups is 1. The molecule has 0 aliphatic carbocycles. The van der Waals surface area contributed by atoms with Crippen molar-refractivity contribution in [1.82, 2.24) is 14.4 Å². The number of ketones is 2. The first-order chi connectivity index (χ1) is 32.1. The third-order valence-corrected chi connectivity index (χ3v) is 11.8. The Morgan fingerprint density at radius 3 is 2.04 bits per heavy atom. The van der Waals surface area contributed by atoms with E-state index in [4.69, 9.17) is 24.7 Å². The Balaban J connectivity index is 1.18. The molecule has 3 N–H and O–H groups in total. The zero-order valence-electron chi connectivity index (χ0n) is 38.6. The monoisotopic (exact) mass is 954 g/mol. The molecule has 0 saturated heterocycles. The van der Waals surface area contributed by atoms with Crippen molar-refractivity contribution in [2.75, 3.05) is 84.0 Å². The van der Waals surface area contributed by atoms with E-state index in [1.54, 1.807) is 17.2 Å². The second kappa shape index (κ2) is 28.3. The highest BCUT2D eigenvalue weighted by Crippen LogP contribution is 2.41. The fourth-order valence-electron chi connectivity index (χ4n) is 7.40. The van der Waals surface area contributed by atoms with Gasteiger partial charge >= 0.3 is 5.97 Å². The van der Waals surface area contributed by atoms with Crippen LogP contribution in [0.1, 0.15) is 70.2 Å². The molecule has 0 fully saturated rings. The summed E-state index contributed by atoms with van der Waals surface area (Å²) >= 11 is 1.14. The van der Waals surface area contributed by atoms with Gasteiger partial charge in [-0.3, -0.25) is 33.7 Å². The van der Waals surface area contributed by atoms with Crippen LogP contribution in [0.15, 0.2) is 72.9 Å². The normalized spacial score (nSPS) is 13.6. The number of halogens is 2. The van der Waals surface area contributed by atoms with Crippen molar-refractivity contribution >= 4 is 47.0 Å². The number of aliphatic carboxylic acids is 1. The number of hydrogen-bond acceptors (Lipinski definition) is 12. The summed E-state index contributed by atoms with van der Waals surface area (Å²) in [6.45, 7) is 8.97. The first-order valence-corrected chi connectivity index (χ1v) is 23.6. The standard InChI is InChI=1S/C49H64F2N4O11S/c1-49(2,3)47(43-28-36(41-29-38(50)12-13-42(41)51)31-53(43)30-35-9-5-4-6-10-35)54(18-8-17-52)46(60)34-67-33-37(48(61)62)27-39(56)16-20-64-22-24-66-26-25-65-23-21-63-19-7-11-40(57)32-55-44(58)14-15-45(55)59/h4-6,9-10,12-15,28-29,31,37,47H,7-8,11,16-27,30,32-34,52H2,1-3H3,(H,61,62)/t37-,47-/m0/s1. The van der Waals surface area contributed by atoms with Gasteiger partial charge in [0.2, 0.25) is 5.91 Å². The number of carboxylic acids is 1. The number of aromatic nitrogens is 1. The van der Waals surface area contributed by atoms with Gasteiger partial charge in [0.1, 0.15) is 17.4 Å². The summed E-state index contributed by atoms with van der Waals surface area (Å²) < 4.78 is 53.4. The van der Waals surface area contributed by atoms with Gasteiger partial charge < -0.3 is 39.3 Å². The highest BCUT2D eigenvalue weighted by atomic mass is 32.2. The molecule has 0 bridgehead atoms. The lowest BCUT2D eigenvalue weighted by molar-refractivity contribution is -0.143. The third-order valence-electron chi connectivity index (χ3n) is 10.7. The van der Waals surface area contributed by atoms with E-state index in [0.29, 0.717) is 71.1 Å². The average Bonchev–Trinajstić information content (AvgIpc) is 3.83. The first-order valence-electron chi connectivity index (χ1n) is 22.5. The van der Waals surface area contributed by atoms with E-state index in [0.717, 1.165) is 58.3 Å². The van der Waals surface area contributed by atoms with E-state index < -0.39 is 46.8 Å². The molecule has 4 rings (SSSR count). The molecule has 366 valence electrons. The fraction of sp³-hybridized carbons (Fsp3) is 0.510. The molecule has 0 radical (unpaired) electrons. The smallest absolute Gasteiger partial charge is 0.307 e. The molecule has 18 heteroatoms. The maximum Gasteiger partial charge on any atom is 0.307 e. The molecular formula is C49H64F2N4O11S. The molecule has 0 unspecified atom stereocenters. The first kappa shape index (κ1) is 54.5. The number of carboxylic acid groups (broad SMARTS) is 1. The molecule has 3 amide bonds. The van der Waals surface area contributed by atoms with Crippen LogP contribution in [0.4, 0.5) is 8.78 Å². The van der Waals surface area contributed by atoms with Gasteiger partial charge in [-0.2, -0.15) is 11.8 Å². The summed E-state index contributed by atoms with van der Waals surface area (Å²) in [5.41, 5.74) is 7.64. The van der Waals surface area contributed by atoms with Gasteiger partial charge in [-0.25, -0.2) is 8.78 Å². The SMILES string of the molecule is CC(C)(C)[C@H](c1cc(-c2cc(F)ccc2F)cn1Cc1ccccc1)N(CCCN)C(=O)CSC[C@H](CC(=O)CCOCCOCCOCCOCCCC(=O)CN1C(=O)C=CC1=O)C(=O)O. The van der Waals surface area contributed by atoms with Gasteiger partial charge in [-0.05, 0) is 54.6 Å². The van der Waals surface area contributed by atoms with Gasteiger partial charge in [0.15, 0.2) is 5.78 Å². The number of carbonyl (C=O) groups excluding carboxylic acids is 5. The van der Waals surface area contributed by atoms with Gasteiger partial charge in [-0.1, -0.05) is 51.1 Å². The summed E-state index contributed by atoms with van der Waals surface area (Å²) in [7, 11) is 0. The van der Waals surface area contributed by atoms with Gasteiger partial charge in [0.25, 0.3) is 11.8 Å². The number of hydrogen-bond donors (Lipinski definition) is 2. The van der Waals surface area contributed by atoms with E-state index in [-0.39, 0.29) is 80.2 Å². The molecular weight excluding hydrogens is 891 g/mol. The quantitative estimate of drug-likeness (QED) is 0.0544. The largest absolute Gasteiger partial charge is 0.481 e. The number of ether oxygens (including phenoxy) is 4. The molecule has 2 heterocycles. The van der Waals surface area contributed by atoms with Crippen LogP contribution in [0.25, 0.3) is 11.1 Å². The van der Waals surface area contributed by atoms with Crippen LogP contribution >= 0.6 is 11.8 Å². The minimum atomic E-state index is -1.14. The minimum absolute atomic E-state index is 0.0180. The lowest BCUT2D eigenvalue weighted by atomic mass is 9.83. The topological polar surface area (TPSA) is 197 Å². The molecule has 2 atom stereocenters. The van der Waals surface area contributed by atoms with E-state index in [9.17, 15) is 38.3 Å². The highest BCUT2D eigenvalue weighted by Gasteiger charge is 2.37. The predicted molar refractivity (Wildman–Crippen MR) is 249 cm³/mol. The maximum absolute atomic E-state index is 15.1. The maximum atomic E-state index is 15.1. The molecule has 1 aliphatic heterocycles. The molecule has 1 aliphatic rings. The second-order valence-corrected chi connectivity index (χ2v) is 18.2. The van der Waals surface area contributed by atoms with Crippen LogP contribution in [0, 0.1) is 23.0 Å². The van der Waals surface area contributed by atoms with Crippen LogP contribution in [-0.2, 0) is 54.3 Å². The summed E-state index contributed by atoms with van der Waals surface area (Å²) in [6, 6.07) is 14.2. The molecule has 3 aromatic rings. The molecule has 67 heavy (non-hydrogen) atoms. The average molecular weight is 955 g/mol. The third kappa shape index (κ3) is 18.5. The van der Waals surface area contributed by atoms with E-state index >= 15 is 4.39 Å². The van der Waals surface area contributed by atoms with Crippen molar-refractivity contribution in [2.24, 2.45) is 17.1 Å². The highest BCUT2D eigenvalue weighted by molar-refractivity contribution is 7.99. The molecule has 0 saturated carbocycles. The van der Waals surface area contributed by atoms with E-state index in [1.807, 2.05) is 55.7 Å². The van der Waals surface area contributed by atoms with Gasteiger partial charge in [0.05, 0.1) is 70.5 Å². The van der Waals surface area contributed by atoms with Crippen LogP contribution < -0.4 is 5.73 Å². The number of amides is 3. The Bertz CT molecular complexity index is 2110. The zero-order chi connectivity index (χ0) is 48.8. The molecule has 2 aromatic carbocycles. The van der Waals surface area contributed by atoms with Crippen molar-refractivity contribution in [3.05, 3.63) is 95.8 Å². The number of nitrogens with zero attached hydrogens (tertiary/aromatic N) is 3. The molecule has 1 aromatic heterocycles. The van der Waals surface area contributed by atoms with Crippen molar-refractivity contribution in [2.45, 2.75) is 65.5 Å². The molecule has 15 nitrogen and oxygen atoms in total. The number of carbonyl (C=O) groups is 6. The Hall–Kier alpha value is -5.11. The summed E-state index contributed by atoms with van der Waals surface area (Å²) in [5.74, 6) is -5.07. The number of nitrogens with two attached hydrogens (primary N) is 1. The van der Waals surface area contributed by atoms with E-state index in [1.165, 1.54) is 0 Å². The second-order valence-electron chi connectivity index (χ2n) is 17.1. The lowest BCUT2D eigenvalue weighted by Crippen LogP contribution is -2.44. The lowest BCUT2D eigenvalue weighted by Gasteiger charge is -2.41. The number of thioether (sulfide) groups is 1. The number of rotatable bonds is 33. The predicted octanol–water partition coefficient (Wildman–Crippen LogP) is 5.87. The summed E-state index contributed by atoms with van der Waals surface area (Å²) in [5, 5.41) is 9.98. The minimum Gasteiger partial charge on any atom is -0.481 e. The van der Waals surface area contributed by atoms with E-state index in [2.05, 4.69) is 0 Å². The van der Waals surface area contributed by atoms with Crippen LogP contribution in [0.5, 0.6) is 0 Å².